The summed E-state index contributed by atoms with van der Waals surface area (Å²) >= 11 is 6.02. The Morgan fingerprint density at radius 3 is 2.50 bits per heavy atom. The SMILES string of the molecule is CN(CC(=O)N(C)[C@@H](c1ccc(Cl)cc1)c1cccnc1)C1CC1. The Balaban J connectivity index is 1.85. The number of halogens is 1. The topological polar surface area (TPSA) is 36.4 Å². The minimum atomic E-state index is -0.170. The third-order valence-electron chi connectivity index (χ3n) is 4.52. The Kier molecular flexibility index (Phi) is 5.17. The van der Waals surface area contributed by atoms with Crippen molar-refractivity contribution < 1.29 is 4.79 Å². The van der Waals surface area contributed by atoms with Gasteiger partial charge in [-0.1, -0.05) is 29.8 Å². The van der Waals surface area contributed by atoms with Crippen molar-refractivity contribution in [3.8, 4) is 0 Å². The molecule has 1 fully saturated rings. The van der Waals surface area contributed by atoms with E-state index in [2.05, 4.69) is 9.88 Å². The van der Waals surface area contributed by atoms with E-state index < -0.39 is 0 Å². The van der Waals surface area contributed by atoms with E-state index in [0.29, 0.717) is 17.6 Å². The fourth-order valence-electron chi connectivity index (χ4n) is 2.94. The number of amides is 1. The van der Waals surface area contributed by atoms with Crippen LogP contribution in [0.1, 0.15) is 30.0 Å². The van der Waals surface area contributed by atoms with Gasteiger partial charge in [0.15, 0.2) is 0 Å². The van der Waals surface area contributed by atoms with Crippen LogP contribution in [0.4, 0.5) is 0 Å². The highest BCUT2D eigenvalue weighted by molar-refractivity contribution is 6.30. The summed E-state index contributed by atoms with van der Waals surface area (Å²) < 4.78 is 0. The number of nitrogens with zero attached hydrogens (tertiary/aromatic N) is 3. The van der Waals surface area contributed by atoms with Crippen LogP contribution in [0.25, 0.3) is 0 Å². The molecule has 4 nitrogen and oxygen atoms in total. The lowest BCUT2D eigenvalue weighted by atomic mass is 9.98. The van der Waals surface area contributed by atoms with Gasteiger partial charge in [0, 0.05) is 30.5 Å². The van der Waals surface area contributed by atoms with Crippen LogP contribution in [0.2, 0.25) is 5.02 Å². The molecule has 0 bridgehead atoms. The van der Waals surface area contributed by atoms with Gasteiger partial charge in [-0.25, -0.2) is 0 Å². The molecular formula is C19H22ClN3O. The van der Waals surface area contributed by atoms with Gasteiger partial charge in [-0.05, 0) is 49.2 Å². The second kappa shape index (κ2) is 7.32. The molecule has 1 aliphatic carbocycles. The minimum Gasteiger partial charge on any atom is -0.333 e. The predicted octanol–water partition coefficient (Wildman–Crippen LogP) is 3.38. The fourth-order valence-corrected chi connectivity index (χ4v) is 3.06. The Hall–Kier alpha value is -1.91. The normalized spacial score (nSPS) is 15.3. The minimum absolute atomic E-state index is 0.105. The van der Waals surface area contributed by atoms with Gasteiger partial charge in [0.25, 0.3) is 0 Å². The van der Waals surface area contributed by atoms with Gasteiger partial charge in [-0.3, -0.25) is 14.7 Å². The van der Waals surface area contributed by atoms with Crippen molar-refractivity contribution in [3.63, 3.8) is 0 Å². The van der Waals surface area contributed by atoms with E-state index in [1.807, 2.05) is 56.7 Å². The lowest BCUT2D eigenvalue weighted by molar-refractivity contribution is -0.132. The molecule has 1 aromatic carbocycles. The first-order valence-electron chi connectivity index (χ1n) is 8.17. The Morgan fingerprint density at radius 2 is 1.92 bits per heavy atom. The van der Waals surface area contributed by atoms with Crippen molar-refractivity contribution in [1.82, 2.24) is 14.8 Å². The lowest BCUT2D eigenvalue weighted by Gasteiger charge is -2.30. The number of hydrogen-bond donors (Lipinski definition) is 0. The number of likely N-dealkylation sites (N-methyl/N-ethyl adjacent to an activating group) is 2. The molecule has 1 aliphatic rings. The Labute approximate surface area is 148 Å². The van der Waals surface area contributed by atoms with Crippen LogP contribution in [-0.4, -0.2) is 47.4 Å². The first-order valence-corrected chi connectivity index (χ1v) is 8.55. The molecule has 1 aromatic heterocycles. The summed E-state index contributed by atoms with van der Waals surface area (Å²) in [4.78, 5) is 20.9. The zero-order chi connectivity index (χ0) is 17.1. The van der Waals surface area contributed by atoms with E-state index >= 15 is 0 Å². The van der Waals surface area contributed by atoms with Crippen LogP contribution in [0.15, 0.2) is 48.8 Å². The number of hydrogen-bond acceptors (Lipinski definition) is 3. The second-order valence-corrected chi connectivity index (χ2v) is 6.83. The molecule has 1 heterocycles. The van der Waals surface area contributed by atoms with E-state index in [1.54, 1.807) is 11.1 Å². The molecule has 1 amide bonds. The molecule has 3 rings (SSSR count). The summed E-state index contributed by atoms with van der Waals surface area (Å²) in [5.74, 6) is 0.105. The van der Waals surface area contributed by atoms with Crippen LogP contribution in [0, 0.1) is 0 Å². The average Bonchev–Trinajstić information content (AvgIpc) is 3.43. The number of pyridine rings is 1. The van der Waals surface area contributed by atoms with Gasteiger partial charge < -0.3 is 4.90 Å². The maximum atomic E-state index is 12.8. The number of carbonyl (C=O) groups excluding carboxylic acids is 1. The number of carbonyl (C=O) groups is 1. The predicted molar refractivity (Wildman–Crippen MR) is 96.0 cm³/mol. The molecule has 0 radical (unpaired) electrons. The van der Waals surface area contributed by atoms with Crippen molar-refractivity contribution in [2.45, 2.75) is 24.9 Å². The largest absolute Gasteiger partial charge is 0.333 e. The summed E-state index contributed by atoms with van der Waals surface area (Å²) in [6, 6.07) is 11.9. The lowest BCUT2D eigenvalue weighted by Crippen LogP contribution is -2.39. The number of aromatic nitrogens is 1. The van der Waals surface area contributed by atoms with Gasteiger partial charge >= 0.3 is 0 Å². The summed E-state index contributed by atoms with van der Waals surface area (Å²) in [5.41, 5.74) is 2.02. The van der Waals surface area contributed by atoms with Crippen molar-refractivity contribution in [3.05, 3.63) is 64.9 Å². The molecule has 5 heteroatoms. The summed E-state index contributed by atoms with van der Waals surface area (Å²) in [5, 5.41) is 0.686. The van der Waals surface area contributed by atoms with Crippen molar-refractivity contribution >= 4 is 17.5 Å². The standard InChI is InChI=1S/C19H22ClN3O/c1-22(17-9-10-17)13-18(24)23(2)19(15-4-3-11-21-12-15)14-5-7-16(20)8-6-14/h3-8,11-12,17,19H,9-10,13H2,1-2H3/t19-/m0/s1. The molecule has 0 saturated heterocycles. The molecule has 126 valence electrons. The third kappa shape index (κ3) is 3.94. The molecule has 2 aromatic rings. The van der Waals surface area contributed by atoms with Crippen LogP contribution in [0.5, 0.6) is 0 Å². The summed E-state index contributed by atoms with van der Waals surface area (Å²) in [6.45, 7) is 0.436. The van der Waals surface area contributed by atoms with Gasteiger partial charge in [0.05, 0.1) is 12.6 Å². The highest BCUT2D eigenvalue weighted by Crippen LogP contribution is 2.29. The monoisotopic (exact) mass is 343 g/mol. The van der Waals surface area contributed by atoms with Crippen LogP contribution >= 0.6 is 11.6 Å². The first kappa shape index (κ1) is 16.9. The molecule has 0 unspecified atom stereocenters. The van der Waals surface area contributed by atoms with Gasteiger partial charge in [-0.2, -0.15) is 0 Å². The van der Waals surface area contributed by atoms with Crippen LogP contribution in [-0.2, 0) is 4.79 Å². The third-order valence-corrected chi connectivity index (χ3v) is 4.77. The molecule has 0 N–H and O–H groups in total. The van der Waals surface area contributed by atoms with E-state index in [9.17, 15) is 4.79 Å². The van der Waals surface area contributed by atoms with Crippen molar-refractivity contribution in [2.24, 2.45) is 0 Å². The number of benzene rings is 1. The van der Waals surface area contributed by atoms with Gasteiger partial charge in [-0.15, -0.1) is 0 Å². The van der Waals surface area contributed by atoms with Crippen molar-refractivity contribution in [1.29, 1.82) is 0 Å². The summed E-state index contributed by atoms with van der Waals surface area (Å²) in [6.07, 6.45) is 5.94. The molecule has 0 spiro atoms. The Morgan fingerprint density at radius 1 is 1.21 bits per heavy atom. The second-order valence-electron chi connectivity index (χ2n) is 6.39. The van der Waals surface area contributed by atoms with E-state index in [4.69, 9.17) is 11.6 Å². The molecule has 0 aliphatic heterocycles. The maximum absolute atomic E-state index is 12.8. The van der Waals surface area contributed by atoms with Crippen LogP contribution in [0.3, 0.4) is 0 Å². The van der Waals surface area contributed by atoms with Gasteiger partial charge in [0.2, 0.25) is 5.91 Å². The number of rotatable bonds is 6. The smallest absolute Gasteiger partial charge is 0.237 e. The molecular weight excluding hydrogens is 322 g/mol. The average molecular weight is 344 g/mol. The molecule has 1 saturated carbocycles. The van der Waals surface area contributed by atoms with Crippen molar-refractivity contribution in [2.75, 3.05) is 20.6 Å². The fraction of sp³-hybridized carbons (Fsp3) is 0.368. The quantitative estimate of drug-likeness (QED) is 0.806. The molecule has 1 atom stereocenters. The van der Waals surface area contributed by atoms with Gasteiger partial charge in [0.1, 0.15) is 0 Å². The van der Waals surface area contributed by atoms with Crippen LogP contribution < -0.4 is 0 Å². The summed E-state index contributed by atoms with van der Waals surface area (Å²) in [7, 11) is 3.88. The van der Waals surface area contributed by atoms with E-state index in [0.717, 1.165) is 11.1 Å². The first-order chi connectivity index (χ1) is 11.6. The zero-order valence-electron chi connectivity index (χ0n) is 14.0. The highest BCUT2D eigenvalue weighted by atomic mass is 35.5. The zero-order valence-corrected chi connectivity index (χ0v) is 14.8. The Bertz CT molecular complexity index is 686. The van der Waals surface area contributed by atoms with E-state index in [1.165, 1.54) is 12.8 Å². The van der Waals surface area contributed by atoms with E-state index in [-0.39, 0.29) is 11.9 Å². The maximum Gasteiger partial charge on any atom is 0.237 e. The highest BCUT2D eigenvalue weighted by Gasteiger charge is 2.30. The molecule has 24 heavy (non-hydrogen) atoms.